The maximum absolute atomic E-state index is 14.4. The monoisotopic (exact) mass is 636 g/mol. The average Bonchev–Trinajstić information content (AvgIpc) is 3.56. The number of ether oxygens (including phenoxy) is 2. The number of rotatable bonds is 11. The molecule has 5 atom stereocenters. The molecule has 4 aromatic rings. The first kappa shape index (κ1) is 32.2. The number of nitrogen functional groups attached to an aromatic ring is 1. The van der Waals surface area contributed by atoms with Crippen LogP contribution in [0.25, 0.3) is 26.7 Å². The number of nitrogens with zero attached hydrogens (tertiary/aromatic N) is 6. The Morgan fingerprint density at radius 2 is 2.02 bits per heavy atom. The van der Waals surface area contributed by atoms with Crippen molar-refractivity contribution in [1.82, 2.24) is 19.7 Å². The van der Waals surface area contributed by atoms with Crippen LogP contribution in [0.4, 0.5) is 5.82 Å². The number of fused-ring (bicyclic) bond motifs is 2. The molecule has 1 aliphatic rings. The summed E-state index contributed by atoms with van der Waals surface area (Å²) in [5, 5.41) is 12.7. The Labute approximate surface area is 260 Å². The Bertz CT molecular complexity index is 1800. The molecule has 14 nitrogen and oxygen atoms in total. The van der Waals surface area contributed by atoms with Crippen molar-refractivity contribution in [3.05, 3.63) is 77.1 Å². The van der Waals surface area contributed by atoms with E-state index in [1.807, 2.05) is 51.1 Å². The molecule has 0 amide bonds. The summed E-state index contributed by atoms with van der Waals surface area (Å²) in [5.41, 5.74) is 15.3. The fraction of sp³-hybridized carbons (Fsp3) is 0.433. The Balaban J connectivity index is 1.40. The van der Waals surface area contributed by atoms with Gasteiger partial charge in [0.2, 0.25) is 0 Å². The van der Waals surface area contributed by atoms with Gasteiger partial charge in [0.25, 0.3) is 0 Å². The Kier molecular flexibility index (Phi) is 9.06. The molecule has 2 aromatic heterocycles. The highest BCUT2D eigenvalue weighted by molar-refractivity contribution is 7.52. The van der Waals surface area contributed by atoms with Gasteiger partial charge in [0, 0.05) is 10.3 Å². The number of anilines is 1. The van der Waals surface area contributed by atoms with Crippen LogP contribution in [-0.2, 0) is 23.4 Å². The number of carbonyl (C=O) groups excluding carboxylic acids is 1. The van der Waals surface area contributed by atoms with Gasteiger partial charge in [-0.2, -0.15) is 10.2 Å². The van der Waals surface area contributed by atoms with E-state index in [0.29, 0.717) is 22.3 Å². The molecular weight excluding hydrogens is 599 g/mol. The molecule has 238 valence electrons. The SMILES string of the molecule is C[C@H](NP(=O)(OC[C@@H]1C[C@@](C)(N=[N+]=[N-])[C@H](c2ccc3c(N)ncnn23)O1)Oc1cccc2ccccc12)C(=O)OCC(C)(C)C. The highest BCUT2D eigenvalue weighted by Crippen LogP contribution is 2.50. The molecule has 45 heavy (non-hydrogen) atoms. The van der Waals surface area contributed by atoms with E-state index >= 15 is 0 Å². The Hall–Kier alpha value is -4.19. The van der Waals surface area contributed by atoms with Gasteiger partial charge in [-0.05, 0) is 47.9 Å². The molecule has 2 aromatic carbocycles. The molecule has 0 aliphatic carbocycles. The third-order valence-corrected chi connectivity index (χ3v) is 8.97. The van der Waals surface area contributed by atoms with E-state index in [0.717, 1.165) is 5.39 Å². The zero-order valence-corrected chi connectivity index (χ0v) is 26.7. The van der Waals surface area contributed by atoms with Crippen molar-refractivity contribution in [2.75, 3.05) is 18.9 Å². The fourth-order valence-electron chi connectivity index (χ4n) is 5.19. The second kappa shape index (κ2) is 12.7. The second-order valence-electron chi connectivity index (χ2n) is 12.5. The summed E-state index contributed by atoms with van der Waals surface area (Å²) < 4.78 is 39.8. The van der Waals surface area contributed by atoms with Crippen molar-refractivity contribution in [3.63, 3.8) is 0 Å². The summed E-state index contributed by atoms with van der Waals surface area (Å²) in [6, 6.07) is 15.3. The first-order valence-corrected chi connectivity index (χ1v) is 16.0. The number of hydrogen-bond acceptors (Lipinski definition) is 10. The van der Waals surface area contributed by atoms with Crippen LogP contribution in [0.15, 0.2) is 66.0 Å². The van der Waals surface area contributed by atoms with Crippen LogP contribution in [0.3, 0.4) is 0 Å². The van der Waals surface area contributed by atoms with Gasteiger partial charge in [0.15, 0.2) is 5.82 Å². The number of azide groups is 1. The molecule has 1 aliphatic heterocycles. The lowest BCUT2D eigenvalue weighted by atomic mass is 9.91. The quantitative estimate of drug-likeness (QED) is 0.0637. The minimum absolute atomic E-state index is 0.174. The predicted molar refractivity (Wildman–Crippen MR) is 168 cm³/mol. The van der Waals surface area contributed by atoms with Crippen molar-refractivity contribution in [2.45, 2.75) is 64.8 Å². The molecule has 0 spiro atoms. The van der Waals surface area contributed by atoms with Crippen LogP contribution in [0.5, 0.6) is 5.75 Å². The lowest BCUT2D eigenvalue weighted by Crippen LogP contribution is -2.37. The molecule has 1 saturated heterocycles. The molecular formula is C30H37N8O6P. The summed E-state index contributed by atoms with van der Waals surface area (Å²) in [5.74, 6) is -0.0163. The van der Waals surface area contributed by atoms with Gasteiger partial charge in [-0.3, -0.25) is 9.32 Å². The second-order valence-corrected chi connectivity index (χ2v) is 14.2. The number of aromatic nitrogens is 3. The largest absolute Gasteiger partial charge is 0.464 e. The smallest absolute Gasteiger partial charge is 0.459 e. The van der Waals surface area contributed by atoms with Crippen LogP contribution in [0.2, 0.25) is 0 Å². The van der Waals surface area contributed by atoms with Gasteiger partial charge in [-0.15, -0.1) is 0 Å². The standard InChI is InChI=1S/C30H37N8O6P/c1-19(28(39)41-17-29(2,3)4)35-45(40,44-25-12-8-10-20-9-6-7-11-22(20)25)42-16-21-15-30(5,36-37-32)26(43-21)23-13-14-24-27(31)33-18-34-38(23)24/h6-14,18-19,21,26H,15-17H2,1-5H3,(H,35,40)(H2,31,33,34)/t19-,21-,26-,30+,45?/m0/s1. The molecule has 3 N–H and O–H groups in total. The van der Waals surface area contributed by atoms with E-state index in [4.69, 9.17) is 24.3 Å². The van der Waals surface area contributed by atoms with Crippen LogP contribution in [0.1, 0.15) is 52.8 Å². The van der Waals surface area contributed by atoms with Gasteiger partial charge in [-0.1, -0.05) is 69.2 Å². The van der Waals surface area contributed by atoms with E-state index in [9.17, 15) is 14.9 Å². The van der Waals surface area contributed by atoms with E-state index in [2.05, 4.69) is 25.2 Å². The first-order valence-electron chi connectivity index (χ1n) is 14.5. The molecule has 0 saturated carbocycles. The maximum atomic E-state index is 14.4. The predicted octanol–water partition coefficient (Wildman–Crippen LogP) is 6.13. The lowest BCUT2D eigenvalue weighted by molar-refractivity contribution is -0.148. The van der Waals surface area contributed by atoms with Gasteiger partial charge in [-0.25, -0.2) is 14.1 Å². The summed E-state index contributed by atoms with van der Waals surface area (Å²) in [4.78, 5) is 19.9. The zero-order valence-electron chi connectivity index (χ0n) is 25.8. The van der Waals surface area contributed by atoms with Crippen LogP contribution >= 0.6 is 7.75 Å². The molecule has 15 heteroatoms. The first-order chi connectivity index (χ1) is 21.3. The third kappa shape index (κ3) is 7.22. The number of hydrogen-bond donors (Lipinski definition) is 2. The van der Waals surface area contributed by atoms with E-state index in [1.54, 1.807) is 35.7 Å². The normalized spacial score (nSPS) is 22.1. The highest BCUT2D eigenvalue weighted by atomic mass is 31.2. The van der Waals surface area contributed by atoms with Crippen molar-refractivity contribution in [1.29, 1.82) is 0 Å². The highest BCUT2D eigenvalue weighted by Gasteiger charge is 2.48. The summed E-state index contributed by atoms with van der Waals surface area (Å²) in [6.45, 7) is 9.06. The van der Waals surface area contributed by atoms with Crippen molar-refractivity contribution in [2.24, 2.45) is 10.5 Å². The van der Waals surface area contributed by atoms with E-state index in [1.165, 1.54) is 13.3 Å². The summed E-state index contributed by atoms with van der Waals surface area (Å²) >= 11 is 0. The van der Waals surface area contributed by atoms with Crippen molar-refractivity contribution in [3.8, 4) is 5.75 Å². The molecule has 0 radical (unpaired) electrons. The number of benzene rings is 2. The van der Waals surface area contributed by atoms with Crippen LogP contribution in [0, 0.1) is 5.41 Å². The zero-order chi connectivity index (χ0) is 32.4. The van der Waals surface area contributed by atoms with Crippen molar-refractivity contribution < 1.29 is 27.9 Å². The minimum atomic E-state index is -4.23. The molecule has 1 unspecified atom stereocenters. The Morgan fingerprint density at radius 3 is 2.78 bits per heavy atom. The van der Waals surface area contributed by atoms with Crippen molar-refractivity contribution >= 4 is 35.8 Å². The summed E-state index contributed by atoms with van der Waals surface area (Å²) in [7, 11) is -4.23. The Morgan fingerprint density at radius 1 is 1.27 bits per heavy atom. The van der Waals surface area contributed by atoms with E-state index in [-0.39, 0.29) is 30.9 Å². The third-order valence-electron chi connectivity index (χ3n) is 7.34. The minimum Gasteiger partial charge on any atom is -0.464 e. The summed E-state index contributed by atoms with van der Waals surface area (Å²) in [6.07, 6.45) is 0.139. The van der Waals surface area contributed by atoms with Crippen LogP contribution in [-0.4, -0.2) is 51.5 Å². The number of nitrogens with one attached hydrogen (secondary N) is 1. The van der Waals surface area contributed by atoms with Gasteiger partial charge < -0.3 is 19.7 Å². The number of nitrogens with two attached hydrogens (primary N) is 1. The maximum Gasteiger partial charge on any atom is 0.459 e. The molecule has 0 bridgehead atoms. The number of carbonyl (C=O) groups is 1. The topological polar surface area (TPSA) is 188 Å². The van der Waals surface area contributed by atoms with Gasteiger partial charge in [0.05, 0.1) is 30.6 Å². The lowest BCUT2D eigenvalue weighted by Gasteiger charge is -2.25. The molecule has 1 fully saturated rings. The number of esters is 1. The van der Waals surface area contributed by atoms with Gasteiger partial charge >= 0.3 is 13.7 Å². The average molecular weight is 637 g/mol. The fourth-order valence-corrected chi connectivity index (χ4v) is 6.73. The molecule has 3 heterocycles. The van der Waals surface area contributed by atoms with Crippen LogP contribution < -0.4 is 15.3 Å². The van der Waals surface area contributed by atoms with E-state index < -0.39 is 37.5 Å². The van der Waals surface area contributed by atoms with Gasteiger partial charge in [0.1, 0.15) is 29.7 Å². The molecule has 5 rings (SSSR count).